The molecule has 0 aromatic carbocycles. The minimum atomic E-state index is -2.66. The molecule has 1 aromatic heterocycles. The first-order valence-electron chi connectivity index (χ1n) is 2.77. The molecular weight excluding hydrogens is 176 g/mol. The molecule has 60 valence electrons. The molecule has 0 atom stereocenters. The van der Waals surface area contributed by atoms with Gasteiger partial charge in [-0.15, -0.1) is 0 Å². The lowest BCUT2D eigenvalue weighted by Gasteiger charge is -1.97. The molecule has 0 amide bonds. The van der Waals surface area contributed by atoms with E-state index in [1.807, 2.05) is 0 Å². The normalized spacial score (nSPS) is 10.5. The maximum atomic E-state index is 11.9. The number of rotatable bonds is 1. The summed E-state index contributed by atoms with van der Waals surface area (Å²) in [6.45, 7) is 0. The Morgan fingerprint density at radius 1 is 1.45 bits per heavy atom. The number of alkyl halides is 2. The van der Waals surface area contributed by atoms with Crippen LogP contribution in [0.2, 0.25) is 5.15 Å². The lowest BCUT2D eigenvalue weighted by atomic mass is 10.3. The zero-order chi connectivity index (χ0) is 8.43. The van der Waals surface area contributed by atoms with E-state index in [1.54, 1.807) is 0 Å². The second-order valence-corrected chi connectivity index (χ2v) is 2.33. The molecule has 2 nitrogen and oxygen atoms in total. The standard InChI is InChI=1S/C6H4ClF2NO/c7-4-1-3(6(8)9)2-5(11)10-4/h1-2,6H,(H,10,11). The van der Waals surface area contributed by atoms with Gasteiger partial charge < -0.3 is 4.98 Å². The Balaban J connectivity index is 3.19. The van der Waals surface area contributed by atoms with Crippen LogP contribution < -0.4 is 5.56 Å². The fourth-order valence-corrected chi connectivity index (χ4v) is 0.874. The number of halogens is 3. The van der Waals surface area contributed by atoms with Crippen molar-refractivity contribution in [3.8, 4) is 0 Å². The number of aromatic amines is 1. The zero-order valence-corrected chi connectivity index (χ0v) is 6.03. The summed E-state index contributed by atoms with van der Waals surface area (Å²) in [5, 5.41) is -0.0761. The number of hydrogen-bond acceptors (Lipinski definition) is 1. The van der Waals surface area contributed by atoms with Gasteiger partial charge >= 0.3 is 0 Å². The second-order valence-electron chi connectivity index (χ2n) is 1.93. The first kappa shape index (κ1) is 8.20. The van der Waals surface area contributed by atoms with Crippen molar-refractivity contribution in [3.05, 3.63) is 33.2 Å². The molecular formula is C6H4ClF2NO. The van der Waals surface area contributed by atoms with E-state index < -0.39 is 12.0 Å². The highest BCUT2D eigenvalue weighted by Gasteiger charge is 2.07. The van der Waals surface area contributed by atoms with Crippen molar-refractivity contribution in [2.24, 2.45) is 0 Å². The topological polar surface area (TPSA) is 32.9 Å². The van der Waals surface area contributed by atoms with Gasteiger partial charge in [-0.2, -0.15) is 0 Å². The number of nitrogens with one attached hydrogen (secondary N) is 1. The van der Waals surface area contributed by atoms with Crippen LogP contribution in [0.15, 0.2) is 16.9 Å². The molecule has 0 saturated heterocycles. The molecule has 0 spiro atoms. The van der Waals surface area contributed by atoms with Crippen molar-refractivity contribution in [1.82, 2.24) is 4.98 Å². The van der Waals surface area contributed by atoms with Crippen molar-refractivity contribution < 1.29 is 8.78 Å². The SMILES string of the molecule is O=c1cc(C(F)F)cc(Cl)[nH]1. The van der Waals surface area contributed by atoms with Gasteiger partial charge in [-0.25, -0.2) is 8.78 Å². The van der Waals surface area contributed by atoms with Crippen molar-refractivity contribution >= 4 is 11.6 Å². The molecule has 1 heterocycles. The van der Waals surface area contributed by atoms with E-state index in [2.05, 4.69) is 4.98 Å². The predicted octanol–water partition coefficient (Wildman–Crippen LogP) is 1.97. The van der Waals surface area contributed by atoms with Crippen LogP contribution in [0.1, 0.15) is 12.0 Å². The summed E-state index contributed by atoms with van der Waals surface area (Å²) in [5.41, 5.74) is -0.980. The third-order valence-electron chi connectivity index (χ3n) is 1.09. The number of hydrogen-bond donors (Lipinski definition) is 1. The summed E-state index contributed by atoms with van der Waals surface area (Å²) in [6.07, 6.45) is -2.66. The first-order chi connectivity index (χ1) is 5.09. The van der Waals surface area contributed by atoms with E-state index in [0.29, 0.717) is 0 Å². The highest BCUT2D eigenvalue weighted by molar-refractivity contribution is 6.29. The number of H-pyrrole nitrogens is 1. The fourth-order valence-electron chi connectivity index (χ4n) is 0.655. The monoisotopic (exact) mass is 179 g/mol. The Kier molecular flexibility index (Phi) is 2.24. The van der Waals surface area contributed by atoms with Crippen molar-refractivity contribution in [1.29, 1.82) is 0 Å². The second kappa shape index (κ2) is 3.00. The van der Waals surface area contributed by atoms with Crippen LogP contribution in [0.5, 0.6) is 0 Å². The largest absolute Gasteiger partial charge is 0.313 e. The summed E-state index contributed by atoms with van der Waals surface area (Å²) in [7, 11) is 0. The van der Waals surface area contributed by atoms with Crippen LogP contribution in [0.4, 0.5) is 8.78 Å². The van der Waals surface area contributed by atoms with Crippen LogP contribution in [0.3, 0.4) is 0 Å². The molecule has 1 N–H and O–H groups in total. The third kappa shape index (κ3) is 2.01. The molecule has 0 aliphatic carbocycles. The maximum Gasteiger partial charge on any atom is 0.264 e. The van der Waals surface area contributed by atoms with E-state index >= 15 is 0 Å². The molecule has 0 aliphatic heterocycles. The van der Waals surface area contributed by atoms with E-state index in [9.17, 15) is 13.6 Å². The van der Waals surface area contributed by atoms with E-state index in [1.165, 1.54) is 0 Å². The lowest BCUT2D eigenvalue weighted by molar-refractivity contribution is 0.151. The van der Waals surface area contributed by atoms with Gasteiger partial charge in [-0.1, -0.05) is 11.6 Å². The Hall–Kier alpha value is -0.900. The molecule has 0 fully saturated rings. The van der Waals surface area contributed by atoms with E-state index in [0.717, 1.165) is 12.1 Å². The Labute approximate surface area is 65.8 Å². The maximum absolute atomic E-state index is 11.9. The Bertz CT molecular complexity index is 310. The van der Waals surface area contributed by atoms with Gasteiger partial charge in [-0.05, 0) is 6.07 Å². The van der Waals surface area contributed by atoms with Crippen LogP contribution in [0, 0.1) is 0 Å². The summed E-state index contributed by atoms with van der Waals surface area (Å²) in [5.74, 6) is 0. The van der Waals surface area contributed by atoms with Gasteiger partial charge in [0.15, 0.2) is 0 Å². The molecule has 1 aromatic rings. The molecule has 0 bridgehead atoms. The molecule has 1 rings (SSSR count). The quantitative estimate of drug-likeness (QED) is 0.657. The first-order valence-corrected chi connectivity index (χ1v) is 3.15. The number of aromatic nitrogens is 1. The summed E-state index contributed by atoms with van der Waals surface area (Å²) >= 11 is 5.31. The Morgan fingerprint density at radius 3 is 2.55 bits per heavy atom. The molecule has 0 unspecified atom stereocenters. The van der Waals surface area contributed by atoms with Gasteiger partial charge in [0.25, 0.3) is 6.43 Å². The van der Waals surface area contributed by atoms with E-state index in [4.69, 9.17) is 11.6 Å². The van der Waals surface area contributed by atoms with Crippen LogP contribution in [-0.2, 0) is 0 Å². The summed E-state index contributed by atoms with van der Waals surface area (Å²) in [6, 6.07) is 1.84. The smallest absolute Gasteiger partial charge is 0.264 e. The Morgan fingerprint density at radius 2 is 2.09 bits per heavy atom. The fraction of sp³-hybridized carbons (Fsp3) is 0.167. The van der Waals surface area contributed by atoms with Gasteiger partial charge in [0, 0.05) is 11.6 Å². The number of pyridine rings is 1. The van der Waals surface area contributed by atoms with Gasteiger partial charge in [-0.3, -0.25) is 4.79 Å². The van der Waals surface area contributed by atoms with Crippen LogP contribution >= 0.6 is 11.6 Å². The van der Waals surface area contributed by atoms with Crippen LogP contribution in [-0.4, -0.2) is 4.98 Å². The lowest BCUT2D eigenvalue weighted by Crippen LogP contribution is -2.05. The van der Waals surface area contributed by atoms with E-state index in [-0.39, 0.29) is 10.7 Å². The van der Waals surface area contributed by atoms with Gasteiger partial charge in [0.1, 0.15) is 5.15 Å². The predicted molar refractivity (Wildman–Crippen MR) is 37.0 cm³/mol. The average Bonchev–Trinajstić information content (AvgIpc) is 1.85. The molecule has 0 saturated carbocycles. The van der Waals surface area contributed by atoms with Gasteiger partial charge in [0.05, 0.1) is 0 Å². The minimum Gasteiger partial charge on any atom is -0.313 e. The van der Waals surface area contributed by atoms with Crippen LogP contribution in [0.25, 0.3) is 0 Å². The molecule has 11 heavy (non-hydrogen) atoms. The summed E-state index contributed by atoms with van der Waals surface area (Å²) in [4.78, 5) is 12.7. The highest BCUT2D eigenvalue weighted by Crippen LogP contribution is 2.18. The minimum absolute atomic E-state index is 0.0761. The van der Waals surface area contributed by atoms with Crippen molar-refractivity contribution in [2.75, 3.05) is 0 Å². The third-order valence-corrected chi connectivity index (χ3v) is 1.29. The highest BCUT2D eigenvalue weighted by atomic mass is 35.5. The van der Waals surface area contributed by atoms with Crippen molar-refractivity contribution in [2.45, 2.75) is 6.43 Å². The molecule has 0 aliphatic rings. The summed E-state index contributed by atoms with van der Waals surface area (Å²) < 4.78 is 23.8. The van der Waals surface area contributed by atoms with Gasteiger partial charge in [0.2, 0.25) is 5.56 Å². The van der Waals surface area contributed by atoms with Crippen molar-refractivity contribution in [3.63, 3.8) is 0 Å². The molecule has 0 radical (unpaired) electrons. The molecule has 5 heteroatoms. The zero-order valence-electron chi connectivity index (χ0n) is 5.27. The average molecular weight is 180 g/mol.